The molecule has 1 aliphatic rings. The Labute approximate surface area is 148 Å². The van der Waals surface area contributed by atoms with Gasteiger partial charge < -0.3 is 4.90 Å². The Morgan fingerprint density at radius 1 is 1.17 bits per heavy atom. The maximum Gasteiger partial charge on any atom is 0.128 e. The van der Waals surface area contributed by atoms with Crippen molar-refractivity contribution in [2.45, 2.75) is 23.1 Å². The molecule has 0 bridgehead atoms. The number of nitrogens with zero attached hydrogens (tertiary/aromatic N) is 3. The third-order valence-electron chi connectivity index (χ3n) is 4.43. The van der Waals surface area contributed by atoms with E-state index in [1.807, 2.05) is 23.9 Å². The van der Waals surface area contributed by atoms with E-state index < -0.39 is 0 Å². The van der Waals surface area contributed by atoms with Crippen LogP contribution in [0.25, 0.3) is 21.3 Å². The van der Waals surface area contributed by atoms with Crippen LogP contribution in [-0.2, 0) is 0 Å². The van der Waals surface area contributed by atoms with E-state index in [4.69, 9.17) is 0 Å². The van der Waals surface area contributed by atoms with Gasteiger partial charge in [-0.25, -0.2) is 14.4 Å². The second kappa shape index (κ2) is 6.78. The molecule has 4 rings (SSSR count). The van der Waals surface area contributed by atoms with Crippen LogP contribution in [-0.4, -0.2) is 40.3 Å². The Bertz CT molecular complexity index is 839. The molecule has 0 radical (unpaired) electrons. The molecule has 124 valence electrons. The fourth-order valence-electron chi connectivity index (χ4n) is 3.04. The van der Waals surface area contributed by atoms with Gasteiger partial charge in [0, 0.05) is 16.2 Å². The van der Waals surface area contributed by atoms with Crippen LogP contribution in [0.15, 0.2) is 41.0 Å². The molecule has 0 aliphatic carbocycles. The van der Waals surface area contributed by atoms with Gasteiger partial charge in [-0.1, -0.05) is 12.1 Å². The number of rotatable bonds is 3. The van der Waals surface area contributed by atoms with Crippen LogP contribution in [0.2, 0.25) is 0 Å². The molecule has 0 N–H and O–H groups in total. The third-order valence-corrected chi connectivity index (χ3v) is 6.66. The van der Waals surface area contributed by atoms with Crippen LogP contribution in [0.1, 0.15) is 12.8 Å². The van der Waals surface area contributed by atoms with E-state index in [1.54, 1.807) is 17.7 Å². The van der Waals surface area contributed by atoms with E-state index in [-0.39, 0.29) is 5.82 Å². The molecule has 1 saturated heterocycles. The highest BCUT2D eigenvalue weighted by Gasteiger charge is 2.21. The van der Waals surface area contributed by atoms with Crippen molar-refractivity contribution in [3.8, 4) is 11.1 Å². The summed E-state index contributed by atoms with van der Waals surface area (Å²) in [5.74, 6) is -0.213. The average molecular weight is 359 g/mol. The highest BCUT2D eigenvalue weighted by molar-refractivity contribution is 8.00. The van der Waals surface area contributed by atoms with Crippen molar-refractivity contribution < 1.29 is 4.39 Å². The largest absolute Gasteiger partial charge is 0.306 e. The lowest BCUT2D eigenvalue weighted by atomic mass is 10.1. The number of benzene rings is 1. The van der Waals surface area contributed by atoms with E-state index in [1.165, 1.54) is 25.0 Å². The Hall–Kier alpha value is -1.50. The van der Waals surface area contributed by atoms with Gasteiger partial charge in [0.1, 0.15) is 22.0 Å². The van der Waals surface area contributed by atoms with Crippen LogP contribution < -0.4 is 0 Å². The Morgan fingerprint density at radius 2 is 1.92 bits per heavy atom. The number of aromatic nitrogens is 2. The summed E-state index contributed by atoms with van der Waals surface area (Å²) in [5, 5.41) is 4.86. The van der Waals surface area contributed by atoms with Crippen molar-refractivity contribution in [3.63, 3.8) is 0 Å². The van der Waals surface area contributed by atoms with Gasteiger partial charge in [0.05, 0.1) is 5.39 Å². The van der Waals surface area contributed by atoms with E-state index >= 15 is 0 Å². The summed E-state index contributed by atoms with van der Waals surface area (Å²) in [5.41, 5.74) is 2.12. The van der Waals surface area contributed by atoms with E-state index in [9.17, 15) is 4.39 Å². The van der Waals surface area contributed by atoms with Gasteiger partial charge >= 0.3 is 0 Å². The summed E-state index contributed by atoms with van der Waals surface area (Å²) in [4.78, 5) is 12.4. The number of likely N-dealkylation sites (tertiary alicyclic amines) is 1. The van der Waals surface area contributed by atoms with Gasteiger partial charge in [-0.2, -0.15) is 0 Å². The van der Waals surface area contributed by atoms with E-state index in [2.05, 4.69) is 27.3 Å². The van der Waals surface area contributed by atoms with Crippen LogP contribution in [0.5, 0.6) is 0 Å². The molecule has 3 nitrogen and oxygen atoms in total. The third kappa shape index (κ3) is 3.18. The second-order valence-corrected chi connectivity index (χ2v) is 8.28. The number of fused-ring (bicyclic) bond motifs is 1. The number of piperidine rings is 1. The maximum absolute atomic E-state index is 13.2. The minimum absolute atomic E-state index is 0.213. The first-order valence-electron chi connectivity index (χ1n) is 8.04. The zero-order chi connectivity index (χ0) is 16.5. The molecule has 3 heterocycles. The molecule has 2 aromatic heterocycles. The summed E-state index contributed by atoms with van der Waals surface area (Å²) in [6, 6.07) is 6.67. The van der Waals surface area contributed by atoms with Gasteiger partial charge in [-0.05, 0) is 50.7 Å². The van der Waals surface area contributed by atoms with Crippen molar-refractivity contribution in [2.75, 3.05) is 20.1 Å². The van der Waals surface area contributed by atoms with Crippen molar-refractivity contribution in [2.24, 2.45) is 0 Å². The van der Waals surface area contributed by atoms with Crippen molar-refractivity contribution in [1.82, 2.24) is 14.9 Å². The number of thioether (sulfide) groups is 1. The summed E-state index contributed by atoms with van der Waals surface area (Å²) in [6.45, 7) is 2.28. The Morgan fingerprint density at radius 3 is 2.67 bits per heavy atom. The number of thiophene rings is 1. The first kappa shape index (κ1) is 16.0. The first-order chi connectivity index (χ1) is 11.7. The molecule has 0 atom stereocenters. The number of hydrogen-bond donors (Lipinski definition) is 0. The lowest BCUT2D eigenvalue weighted by molar-refractivity contribution is 0.282. The average Bonchev–Trinajstić information content (AvgIpc) is 3.03. The standard InChI is InChI=1S/C18H18FN3S2/c1-22-8-6-14(7-9-22)24-18-16-15(10-23-17(16)20-11-21-18)12-2-4-13(19)5-3-12/h2-5,10-11,14H,6-9H2,1H3. The Balaban J connectivity index is 1.70. The van der Waals surface area contributed by atoms with E-state index in [0.29, 0.717) is 5.25 Å². The van der Waals surface area contributed by atoms with Crippen LogP contribution in [0, 0.1) is 5.82 Å². The number of hydrogen-bond acceptors (Lipinski definition) is 5. The predicted molar refractivity (Wildman–Crippen MR) is 99.2 cm³/mol. The van der Waals surface area contributed by atoms with Crippen molar-refractivity contribution >= 4 is 33.3 Å². The monoisotopic (exact) mass is 359 g/mol. The predicted octanol–water partition coefficient (Wildman–Crippen LogP) is 4.68. The molecule has 6 heteroatoms. The molecule has 1 aromatic carbocycles. The summed E-state index contributed by atoms with van der Waals surface area (Å²) < 4.78 is 13.2. The fourth-order valence-corrected chi connectivity index (χ4v) is 5.21. The first-order valence-corrected chi connectivity index (χ1v) is 9.80. The molecule has 0 unspecified atom stereocenters. The molecule has 0 spiro atoms. The normalized spacial score (nSPS) is 16.8. The molecule has 0 saturated carbocycles. The highest BCUT2D eigenvalue weighted by atomic mass is 32.2. The second-order valence-electron chi connectivity index (χ2n) is 6.14. The number of halogens is 1. The highest BCUT2D eigenvalue weighted by Crippen LogP contribution is 2.40. The zero-order valence-electron chi connectivity index (χ0n) is 13.4. The van der Waals surface area contributed by atoms with Crippen molar-refractivity contribution in [1.29, 1.82) is 0 Å². The molecular formula is C18H18FN3S2. The molecular weight excluding hydrogens is 341 g/mol. The van der Waals surface area contributed by atoms with Gasteiger partial charge in [0.15, 0.2) is 0 Å². The smallest absolute Gasteiger partial charge is 0.128 e. The summed E-state index contributed by atoms with van der Waals surface area (Å²) >= 11 is 3.49. The minimum atomic E-state index is -0.213. The van der Waals surface area contributed by atoms with E-state index in [0.717, 1.165) is 39.5 Å². The van der Waals surface area contributed by atoms with Crippen LogP contribution in [0.4, 0.5) is 4.39 Å². The summed E-state index contributed by atoms with van der Waals surface area (Å²) in [7, 11) is 2.18. The van der Waals surface area contributed by atoms with Crippen LogP contribution >= 0.6 is 23.1 Å². The van der Waals surface area contributed by atoms with Crippen LogP contribution in [0.3, 0.4) is 0 Å². The fraction of sp³-hybridized carbons (Fsp3) is 0.333. The molecule has 0 amide bonds. The van der Waals surface area contributed by atoms with Gasteiger partial charge in [0.25, 0.3) is 0 Å². The quantitative estimate of drug-likeness (QED) is 0.635. The van der Waals surface area contributed by atoms with Gasteiger partial charge in [-0.15, -0.1) is 23.1 Å². The van der Waals surface area contributed by atoms with Gasteiger partial charge in [-0.3, -0.25) is 0 Å². The molecule has 1 aliphatic heterocycles. The lowest BCUT2D eigenvalue weighted by Crippen LogP contribution is -2.31. The maximum atomic E-state index is 13.2. The van der Waals surface area contributed by atoms with Gasteiger partial charge in [0.2, 0.25) is 0 Å². The zero-order valence-corrected chi connectivity index (χ0v) is 15.0. The lowest BCUT2D eigenvalue weighted by Gasteiger charge is -2.28. The Kier molecular flexibility index (Phi) is 4.52. The molecule has 24 heavy (non-hydrogen) atoms. The van der Waals surface area contributed by atoms with Crippen molar-refractivity contribution in [3.05, 3.63) is 41.8 Å². The SMILES string of the molecule is CN1CCC(Sc2ncnc3scc(-c4ccc(F)cc4)c23)CC1. The topological polar surface area (TPSA) is 29.0 Å². The minimum Gasteiger partial charge on any atom is -0.306 e. The molecule has 1 fully saturated rings. The summed E-state index contributed by atoms with van der Waals surface area (Å²) in [6.07, 6.45) is 4.02. The molecule has 3 aromatic rings.